The van der Waals surface area contributed by atoms with E-state index in [1.807, 2.05) is 18.2 Å². The standard InChI is InChI=1S/C19H13NO/c20-13-7-5-11-9-12-6-8-15-14-3-1-2-4-17(14)21-19(15)18(12)16(11)10-13/h1-8,10H,9,20H2. The van der Waals surface area contributed by atoms with Crippen LogP contribution < -0.4 is 5.73 Å². The van der Waals surface area contributed by atoms with Gasteiger partial charge in [-0.2, -0.15) is 0 Å². The molecule has 0 atom stereocenters. The second-order valence-corrected chi connectivity index (χ2v) is 5.67. The van der Waals surface area contributed by atoms with Crippen LogP contribution in [0.1, 0.15) is 11.1 Å². The molecule has 1 aliphatic carbocycles. The zero-order valence-electron chi connectivity index (χ0n) is 11.4. The second kappa shape index (κ2) is 3.67. The Hall–Kier alpha value is -2.74. The van der Waals surface area contributed by atoms with Crippen LogP contribution in [0.3, 0.4) is 0 Å². The maximum Gasteiger partial charge on any atom is 0.143 e. The fourth-order valence-corrected chi connectivity index (χ4v) is 3.46. The Bertz CT molecular complexity index is 1030. The highest BCUT2D eigenvalue weighted by Crippen LogP contribution is 2.44. The number of rotatable bonds is 0. The maximum absolute atomic E-state index is 6.15. The fraction of sp³-hybridized carbons (Fsp3) is 0.0526. The summed E-state index contributed by atoms with van der Waals surface area (Å²) in [7, 11) is 0. The van der Waals surface area contributed by atoms with E-state index in [2.05, 4.69) is 36.4 Å². The normalized spacial score (nSPS) is 12.8. The fourth-order valence-electron chi connectivity index (χ4n) is 3.46. The van der Waals surface area contributed by atoms with E-state index >= 15 is 0 Å². The lowest BCUT2D eigenvalue weighted by Gasteiger charge is -2.03. The minimum atomic E-state index is 0.801. The zero-order valence-corrected chi connectivity index (χ0v) is 11.4. The van der Waals surface area contributed by atoms with E-state index in [1.165, 1.54) is 33.0 Å². The van der Waals surface area contributed by atoms with Gasteiger partial charge in [-0.15, -0.1) is 0 Å². The first-order valence-corrected chi connectivity index (χ1v) is 7.13. The Morgan fingerprint density at radius 2 is 1.71 bits per heavy atom. The SMILES string of the molecule is Nc1ccc2c(c1)-c1c(ccc3c1oc1ccccc13)C2. The van der Waals surface area contributed by atoms with E-state index < -0.39 is 0 Å². The molecule has 1 aliphatic rings. The molecule has 2 heteroatoms. The lowest BCUT2D eigenvalue weighted by Crippen LogP contribution is -1.86. The summed E-state index contributed by atoms with van der Waals surface area (Å²) in [6.45, 7) is 0. The van der Waals surface area contributed by atoms with Gasteiger partial charge in [-0.3, -0.25) is 0 Å². The molecule has 0 saturated carbocycles. The molecular weight excluding hydrogens is 258 g/mol. The highest BCUT2D eigenvalue weighted by molar-refractivity contribution is 6.11. The van der Waals surface area contributed by atoms with Crippen molar-refractivity contribution >= 4 is 27.6 Å². The van der Waals surface area contributed by atoms with Gasteiger partial charge in [0.25, 0.3) is 0 Å². The highest BCUT2D eigenvalue weighted by atomic mass is 16.3. The van der Waals surface area contributed by atoms with Gasteiger partial charge >= 0.3 is 0 Å². The number of nitrogens with two attached hydrogens (primary N) is 1. The number of benzene rings is 3. The number of para-hydroxylation sites is 1. The summed E-state index contributed by atoms with van der Waals surface area (Å²) in [6, 6.07) is 18.8. The Labute approximate surface area is 121 Å². The minimum absolute atomic E-state index is 0.801. The van der Waals surface area contributed by atoms with Crippen molar-refractivity contribution in [3.63, 3.8) is 0 Å². The number of anilines is 1. The molecule has 2 nitrogen and oxygen atoms in total. The van der Waals surface area contributed by atoms with E-state index in [-0.39, 0.29) is 0 Å². The number of furan rings is 1. The summed E-state index contributed by atoms with van der Waals surface area (Å²) in [4.78, 5) is 0. The third-order valence-corrected chi connectivity index (χ3v) is 4.42. The van der Waals surface area contributed by atoms with Crippen LogP contribution in [-0.4, -0.2) is 0 Å². The number of fused-ring (bicyclic) bond motifs is 7. The van der Waals surface area contributed by atoms with Gasteiger partial charge in [0, 0.05) is 22.0 Å². The third kappa shape index (κ3) is 1.37. The molecule has 0 bridgehead atoms. The summed E-state index contributed by atoms with van der Waals surface area (Å²) >= 11 is 0. The van der Waals surface area contributed by atoms with Crippen molar-refractivity contribution < 1.29 is 4.42 Å². The van der Waals surface area contributed by atoms with Crippen molar-refractivity contribution in [1.29, 1.82) is 0 Å². The Morgan fingerprint density at radius 1 is 0.857 bits per heavy atom. The van der Waals surface area contributed by atoms with Crippen LogP contribution in [0, 0.1) is 0 Å². The van der Waals surface area contributed by atoms with Crippen molar-refractivity contribution in [3.05, 3.63) is 65.7 Å². The van der Waals surface area contributed by atoms with Gasteiger partial charge in [0.05, 0.1) is 0 Å². The Balaban J connectivity index is 1.97. The van der Waals surface area contributed by atoms with Gasteiger partial charge < -0.3 is 10.2 Å². The first kappa shape index (κ1) is 11.0. The molecule has 4 aromatic rings. The topological polar surface area (TPSA) is 39.2 Å². The maximum atomic E-state index is 6.15. The van der Waals surface area contributed by atoms with E-state index in [4.69, 9.17) is 10.2 Å². The van der Waals surface area contributed by atoms with Gasteiger partial charge in [-0.25, -0.2) is 0 Å². The van der Waals surface area contributed by atoms with Gasteiger partial charge in [0.1, 0.15) is 11.2 Å². The second-order valence-electron chi connectivity index (χ2n) is 5.67. The molecule has 3 aromatic carbocycles. The molecule has 1 aromatic heterocycles. The summed E-state index contributed by atoms with van der Waals surface area (Å²) < 4.78 is 6.15. The first-order valence-electron chi connectivity index (χ1n) is 7.13. The summed E-state index contributed by atoms with van der Waals surface area (Å²) in [5, 5.41) is 2.35. The van der Waals surface area contributed by atoms with E-state index in [1.54, 1.807) is 0 Å². The van der Waals surface area contributed by atoms with E-state index in [0.717, 1.165) is 23.3 Å². The molecule has 0 unspecified atom stereocenters. The number of nitrogen functional groups attached to an aromatic ring is 1. The molecule has 0 aliphatic heterocycles. The van der Waals surface area contributed by atoms with Crippen molar-refractivity contribution in [3.8, 4) is 11.1 Å². The highest BCUT2D eigenvalue weighted by Gasteiger charge is 2.23. The van der Waals surface area contributed by atoms with Crippen molar-refractivity contribution in [2.24, 2.45) is 0 Å². The van der Waals surface area contributed by atoms with E-state index in [9.17, 15) is 0 Å². The van der Waals surface area contributed by atoms with Crippen LogP contribution in [0.4, 0.5) is 5.69 Å². The van der Waals surface area contributed by atoms with Crippen molar-refractivity contribution in [1.82, 2.24) is 0 Å². The van der Waals surface area contributed by atoms with Gasteiger partial charge in [-0.1, -0.05) is 36.4 Å². The average Bonchev–Trinajstić information content (AvgIpc) is 3.04. The van der Waals surface area contributed by atoms with Gasteiger partial charge in [0.2, 0.25) is 0 Å². The van der Waals surface area contributed by atoms with Crippen LogP contribution in [0.15, 0.2) is 59.0 Å². The minimum Gasteiger partial charge on any atom is -0.455 e. The summed E-state index contributed by atoms with van der Waals surface area (Å²) in [5.74, 6) is 0. The number of hydrogen-bond acceptors (Lipinski definition) is 2. The molecule has 1 heterocycles. The molecule has 2 N–H and O–H groups in total. The predicted molar refractivity (Wildman–Crippen MR) is 86.4 cm³/mol. The summed E-state index contributed by atoms with van der Waals surface area (Å²) in [5.41, 5.74) is 13.8. The molecule has 21 heavy (non-hydrogen) atoms. The Morgan fingerprint density at radius 3 is 2.67 bits per heavy atom. The van der Waals surface area contributed by atoms with Crippen LogP contribution in [0.5, 0.6) is 0 Å². The molecule has 0 fully saturated rings. The van der Waals surface area contributed by atoms with Gasteiger partial charge in [0.15, 0.2) is 0 Å². The molecule has 0 radical (unpaired) electrons. The van der Waals surface area contributed by atoms with Crippen LogP contribution in [0.25, 0.3) is 33.1 Å². The third-order valence-electron chi connectivity index (χ3n) is 4.42. The predicted octanol–water partition coefficient (Wildman–Crippen LogP) is 4.74. The van der Waals surface area contributed by atoms with Crippen LogP contribution in [0.2, 0.25) is 0 Å². The molecule has 5 rings (SSSR count). The van der Waals surface area contributed by atoms with E-state index in [0.29, 0.717) is 0 Å². The quantitative estimate of drug-likeness (QED) is 0.413. The first-order chi connectivity index (χ1) is 10.3. The monoisotopic (exact) mass is 271 g/mol. The molecule has 0 amide bonds. The molecule has 0 saturated heterocycles. The lowest BCUT2D eigenvalue weighted by molar-refractivity contribution is 0.670. The summed E-state index contributed by atoms with van der Waals surface area (Å²) in [6.07, 6.45) is 0.956. The van der Waals surface area contributed by atoms with Crippen molar-refractivity contribution in [2.45, 2.75) is 6.42 Å². The van der Waals surface area contributed by atoms with Crippen LogP contribution >= 0.6 is 0 Å². The molecule has 100 valence electrons. The number of hydrogen-bond donors (Lipinski definition) is 1. The Kier molecular flexibility index (Phi) is 1.92. The van der Waals surface area contributed by atoms with Crippen molar-refractivity contribution in [2.75, 3.05) is 5.73 Å². The van der Waals surface area contributed by atoms with Crippen LogP contribution in [-0.2, 0) is 6.42 Å². The average molecular weight is 271 g/mol. The molecule has 0 spiro atoms. The molecular formula is C19H13NO. The largest absolute Gasteiger partial charge is 0.455 e. The zero-order chi connectivity index (χ0) is 14.0. The van der Waals surface area contributed by atoms with Gasteiger partial charge in [-0.05, 0) is 41.3 Å². The smallest absolute Gasteiger partial charge is 0.143 e. The lowest BCUT2D eigenvalue weighted by atomic mass is 10.0.